The maximum atomic E-state index is 11.7. The van der Waals surface area contributed by atoms with Gasteiger partial charge in [0.25, 0.3) is 0 Å². The molecule has 0 amide bonds. The summed E-state index contributed by atoms with van der Waals surface area (Å²) in [6.45, 7) is 1.65. The van der Waals surface area contributed by atoms with E-state index < -0.39 is 9.73 Å². The van der Waals surface area contributed by atoms with E-state index in [1.165, 1.54) is 0 Å². The van der Waals surface area contributed by atoms with Crippen LogP contribution in [0.25, 0.3) is 11.5 Å². The molecule has 2 aromatic rings. The summed E-state index contributed by atoms with van der Waals surface area (Å²) in [5.41, 5.74) is 0.757. The van der Waals surface area contributed by atoms with Gasteiger partial charge in [-0.1, -0.05) is 30.2 Å². The summed E-state index contributed by atoms with van der Waals surface area (Å²) >= 11 is 0. The van der Waals surface area contributed by atoms with E-state index in [1.807, 2.05) is 30.3 Å². The molecule has 0 bridgehead atoms. The van der Waals surface area contributed by atoms with Gasteiger partial charge in [0.2, 0.25) is 5.89 Å². The van der Waals surface area contributed by atoms with Crippen LogP contribution in [0.15, 0.2) is 40.0 Å². The van der Waals surface area contributed by atoms with Crippen molar-refractivity contribution in [1.29, 1.82) is 4.78 Å². The molecular formula is C10H11N3O2S. The zero-order chi connectivity index (χ0) is 11.6. The SMILES string of the molecule is CCS(=N)(=O)c1nnc(-c2ccccc2)o1. The number of nitrogens with one attached hydrogen (secondary N) is 1. The summed E-state index contributed by atoms with van der Waals surface area (Å²) in [7, 11) is -2.93. The molecule has 5 nitrogen and oxygen atoms in total. The summed E-state index contributed by atoms with van der Waals surface area (Å²) in [6, 6.07) is 9.19. The van der Waals surface area contributed by atoms with Gasteiger partial charge < -0.3 is 4.42 Å². The molecule has 0 spiro atoms. The Kier molecular flexibility index (Phi) is 2.74. The first-order valence-corrected chi connectivity index (χ1v) is 6.51. The number of aromatic nitrogens is 2. The number of nitrogens with zero attached hydrogens (tertiary/aromatic N) is 2. The average molecular weight is 237 g/mol. The predicted molar refractivity (Wildman–Crippen MR) is 59.4 cm³/mol. The zero-order valence-corrected chi connectivity index (χ0v) is 9.53. The van der Waals surface area contributed by atoms with Crippen LogP contribution in [0.5, 0.6) is 0 Å². The van der Waals surface area contributed by atoms with Crippen LogP contribution in [0, 0.1) is 4.78 Å². The van der Waals surface area contributed by atoms with Crippen molar-refractivity contribution in [3.8, 4) is 11.5 Å². The number of benzene rings is 1. The number of hydrogen-bond acceptors (Lipinski definition) is 5. The lowest BCUT2D eigenvalue weighted by molar-refractivity contribution is 0.453. The molecule has 0 saturated heterocycles. The van der Waals surface area contributed by atoms with Crippen LogP contribution in [0.1, 0.15) is 6.92 Å². The lowest BCUT2D eigenvalue weighted by atomic mass is 10.2. The molecule has 1 aromatic heterocycles. The standard InChI is InChI=1S/C10H11N3O2S/c1-2-16(11,14)10-13-12-9(15-10)8-6-4-3-5-7-8/h3-7,11H,2H2,1H3. The Balaban J connectivity index is 2.42. The summed E-state index contributed by atoms with van der Waals surface area (Å²) < 4.78 is 24.4. The second kappa shape index (κ2) is 4.05. The van der Waals surface area contributed by atoms with Gasteiger partial charge in [-0.25, -0.2) is 8.99 Å². The summed E-state index contributed by atoms with van der Waals surface area (Å²) in [4.78, 5) is 0. The highest BCUT2D eigenvalue weighted by atomic mass is 32.2. The minimum atomic E-state index is -2.93. The molecule has 2 rings (SSSR count). The molecule has 0 radical (unpaired) electrons. The van der Waals surface area contributed by atoms with Gasteiger partial charge in [-0.2, -0.15) is 0 Å². The van der Waals surface area contributed by atoms with Crippen LogP contribution < -0.4 is 0 Å². The smallest absolute Gasteiger partial charge is 0.316 e. The zero-order valence-electron chi connectivity index (χ0n) is 8.71. The van der Waals surface area contributed by atoms with Gasteiger partial charge in [-0.3, -0.25) is 0 Å². The average Bonchev–Trinajstić information content (AvgIpc) is 2.80. The van der Waals surface area contributed by atoms with E-state index in [0.717, 1.165) is 5.56 Å². The van der Waals surface area contributed by atoms with Crippen LogP contribution in [-0.2, 0) is 9.73 Å². The lowest BCUT2D eigenvalue weighted by Gasteiger charge is -1.95. The molecule has 0 saturated carbocycles. The number of hydrogen-bond donors (Lipinski definition) is 1. The molecule has 0 aliphatic carbocycles. The summed E-state index contributed by atoms with van der Waals surface area (Å²) in [5, 5.41) is 7.34. The first-order chi connectivity index (χ1) is 7.63. The van der Waals surface area contributed by atoms with Crippen molar-refractivity contribution < 1.29 is 8.63 Å². The Hall–Kier alpha value is -1.69. The minimum Gasteiger partial charge on any atom is -0.409 e. The molecule has 1 N–H and O–H groups in total. The van der Waals surface area contributed by atoms with Crippen molar-refractivity contribution in [3.63, 3.8) is 0 Å². The molecule has 6 heteroatoms. The molecular weight excluding hydrogens is 226 g/mol. The van der Waals surface area contributed by atoms with Gasteiger partial charge >= 0.3 is 5.22 Å². The molecule has 0 fully saturated rings. The lowest BCUT2D eigenvalue weighted by Crippen LogP contribution is -2.01. The Morgan fingerprint density at radius 2 is 2.00 bits per heavy atom. The minimum absolute atomic E-state index is 0.103. The van der Waals surface area contributed by atoms with E-state index in [-0.39, 0.29) is 11.0 Å². The van der Waals surface area contributed by atoms with Gasteiger partial charge in [0.1, 0.15) is 9.73 Å². The molecule has 1 heterocycles. The van der Waals surface area contributed by atoms with Crippen molar-refractivity contribution in [3.05, 3.63) is 30.3 Å². The molecule has 1 unspecified atom stereocenters. The Morgan fingerprint density at radius 1 is 1.31 bits per heavy atom. The number of rotatable bonds is 3. The maximum absolute atomic E-state index is 11.7. The summed E-state index contributed by atoms with van der Waals surface area (Å²) in [6.07, 6.45) is 0. The second-order valence-corrected chi connectivity index (χ2v) is 5.48. The van der Waals surface area contributed by atoms with E-state index in [4.69, 9.17) is 9.20 Å². The molecule has 0 aliphatic rings. The molecule has 0 aliphatic heterocycles. The third kappa shape index (κ3) is 1.96. The van der Waals surface area contributed by atoms with Gasteiger partial charge in [0.15, 0.2) is 0 Å². The van der Waals surface area contributed by atoms with E-state index in [0.29, 0.717) is 5.89 Å². The summed E-state index contributed by atoms with van der Waals surface area (Å²) in [5.74, 6) is 0.465. The Morgan fingerprint density at radius 3 is 2.62 bits per heavy atom. The van der Waals surface area contributed by atoms with E-state index in [2.05, 4.69) is 10.2 Å². The van der Waals surface area contributed by atoms with Crippen molar-refractivity contribution in [2.75, 3.05) is 5.75 Å². The Labute approximate surface area is 93.5 Å². The first kappa shape index (κ1) is 10.8. The highest BCUT2D eigenvalue weighted by molar-refractivity contribution is 7.92. The molecule has 1 atom stereocenters. The van der Waals surface area contributed by atoms with E-state index in [1.54, 1.807) is 6.92 Å². The predicted octanol–water partition coefficient (Wildman–Crippen LogP) is 2.16. The van der Waals surface area contributed by atoms with Crippen molar-refractivity contribution in [2.45, 2.75) is 12.1 Å². The highest BCUT2D eigenvalue weighted by Crippen LogP contribution is 2.19. The van der Waals surface area contributed by atoms with Crippen molar-refractivity contribution >= 4 is 9.73 Å². The van der Waals surface area contributed by atoms with Crippen LogP contribution in [0.2, 0.25) is 0 Å². The fourth-order valence-corrected chi connectivity index (χ4v) is 1.80. The quantitative estimate of drug-likeness (QED) is 0.887. The third-order valence-corrected chi connectivity index (χ3v) is 3.66. The Bertz CT molecular complexity index is 575. The van der Waals surface area contributed by atoms with Crippen molar-refractivity contribution in [2.24, 2.45) is 0 Å². The normalized spacial score (nSPS) is 14.6. The second-order valence-electron chi connectivity index (χ2n) is 3.20. The highest BCUT2D eigenvalue weighted by Gasteiger charge is 2.16. The van der Waals surface area contributed by atoms with Gasteiger partial charge in [-0.15, -0.1) is 5.10 Å². The maximum Gasteiger partial charge on any atom is 0.316 e. The topological polar surface area (TPSA) is 79.8 Å². The van der Waals surface area contributed by atoms with Crippen LogP contribution in [-0.4, -0.2) is 20.2 Å². The van der Waals surface area contributed by atoms with Crippen LogP contribution >= 0.6 is 0 Å². The van der Waals surface area contributed by atoms with Crippen LogP contribution in [0.4, 0.5) is 0 Å². The fraction of sp³-hybridized carbons (Fsp3) is 0.200. The van der Waals surface area contributed by atoms with Gasteiger partial charge in [0.05, 0.1) is 0 Å². The third-order valence-electron chi connectivity index (χ3n) is 2.12. The molecule has 16 heavy (non-hydrogen) atoms. The molecule has 1 aromatic carbocycles. The van der Waals surface area contributed by atoms with Crippen LogP contribution in [0.3, 0.4) is 0 Å². The monoisotopic (exact) mass is 237 g/mol. The first-order valence-electron chi connectivity index (χ1n) is 4.79. The largest absolute Gasteiger partial charge is 0.409 e. The fourth-order valence-electron chi connectivity index (χ4n) is 1.16. The van der Waals surface area contributed by atoms with Crippen molar-refractivity contribution in [1.82, 2.24) is 10.2 Å². The molecule has 84 valence electrons. The van der Waals surface area contributed by atoms with Gasteiger partial charge in [0, 0.05) is 11.3 Å². The van der Waals surface area contributed by atoms with Gasteiger partial charge in [-0.05, 0) is 12.1 Å². The van der Waals surface area contributed by atoms with E-state index in [9.17, 15) is 4.21 Å². The van der Waals surface area contributed by atoms with E-state index >= 15 is 0 Å².